The van der Waals surface area contributed by atoms with Gasteiger partial charge in [-0.25, -0.2) is 0 Å². The molecule has 1 aromatic rings. The molecular formula is C17H22Si. The third-order valence-electron chi connectivity index (χ3n) is 2.46. The highest BCUT2D eigenvalue weighted by Gasteiger charge is 2.12. The smallest absolute Gasteiger partial charge is 0.118 e. The molecule has 0 N–H and O–H groups in total. The van der Waals surface area contributed by atoms with E-state index in [-0.39, 0.29) is 5.41 Å². The van der Waals surface area contributed by atoms with Gasteiger partial charge in [0.05, 0.1) is 0 Å². The predicted molar refractivity (Wildman–Crippen MR) is 83.1 cm³/mol. The van der Waals surface area contributed by atoms with Gasteiger partial charge in [0.15, 0.2) is 0 Å². The van der Waals surface area contributed by atoms with Crippen LogP contribution in [0.1, 0.15) is 31.9 Å². The summed E-state index contributed by atoms with van der Waals surface area (Å²) >= 11 is 0. The third kappa shape index (κ3) is 5.26. The molecule has 1 rings (SSSR count). The summed E-state index contributed by atoms with van der Waals surface area (Å²) in [7, 11) is -1.29. The van der Waals surface area contributed by atoms with Crippen LogP contribution in [0.4, 0.5) is 0 Å². The molecule has 0 atom stereocenters. The molecule has 0 radical (unpaired) electrons. The van der Waals surface area contributed by atoms with Crippen LogP contribution in [0.5, 0.6) is 0 Å². The second-order valence-corrected chi connectivity index (χ2v) is 11.3. The van der Waals surface area contributed by atoms with Crippen LogP contribution in [0.3, 0.4) is 0 Å². The fourth-order valence-corrected chi connectivity index (χ4v) is 1.81. The lowest BCUT2D eigenvalue weighted by Gasteiger charge is -2.18. The molecule has 0 aliphatic rings. The zero-order valence-corrected chi connectivity index (χ0v) is 13.3. The lowest BCUT2D eigenvalue weighted by atomic mass is 9.87. The summed E-state index contributed by atoms with van der Waals surface area (Å²) < 4.78 is 0. The number of benzene rings is 1. The Morgan fingerprint density at radius 2 is 1.44 bits per heavy atom. The lowest BCUT2D eigenvalue weighted by Crippen LogP contribution is -2.16. The zero-order valence-electron chi connectivity index (χ0n) is 12.3. The van der Waals surface area contributed by atoms with Crippen molar-refractivity contribution in [3.8, 4) is 23.3 Å². The van der Waals surface area contributed by atoms with Crippen LogP contribution in [0.2, 0.25) is 19.6 Å². The molecule has 1 aromatic carbocycles. The Morgan fingerprint density at radius 3 is 1.89 bits per heavy atom. The van der Waals surface area contributed by atoms with Crippen molar-refractivity contribution in [3.05, 3.63) is 35.4 Å². The topological polar surface area (TPSA) is 0 Å². The Hall–Kier alpha value is -1.44. The Balaban J connectivity index is 2.82. The van der Waals surface area contributed by atoms with E-state index in [0.717, 1.165) is 5.56 Å². The minimum absolute atomic E-state index is 0.198. The first-order valence-electron chi connectivity index (χ1n) is 6.32. The van der Waals surface area contributed by atoms with E-state index in [0.29, 0.717) is 0 Å². The lowest BCUT2D eigenvalue weighted by molar-refractivity contribution is 0.590. The normalized spacial score (nSPS) is 11.0. The zero-order chi connectivity index (χ0) is 13.8. The summed E-state index contributed by atoms with van der Waals surface area (Å²) in [5.41, 5.74) is 5.81. The van der Waals surface area contributed by atoms with E-state index in [2.05, 4.69) is 88.0 Å². The highest BCUT2D eigenvalue weighted by molar-refractivity contribution is 6.83. The van der Waals surface area contributed by atoms with Gasteiger partial charge in [-0.3, -0.25) is 0 Å². The van der Waals surface area contributed by atoms with Crippen molar-refractivity contribution in [1.29, 1.82) is 0 Å². The summed E-state index contributed by atoms with van der Waals surface area (Å²) in [5, 5.41) is 0. The van der Waals surface area contributed by atoms with Crippen molar-refractivity contribution >= 4 is 8.07 Å². The molecule has 18 heavy (non-hydrogen) atoms. The first-order valence-corrected chi connectivity index (χ1v) is 9.82. The van der Waals surface area contributed by atoms with Crippen LogP contribution in [0.15, 0.2) is 24.3 Å². The average molecular weight is 254 g/mol. The maximum Gasteiger partial charge on any atom is 0.130 e. The molecule has 94 valence electrons. The maximum absolute atomic E-state index is 3.24. The minimum atomic E-state index is -1.29. The summed E-state index contributed by atoms with van der Waals surface area (Å²) in [4.78, 5) is 0. The maximum atomic E-state index is 3.24. The summed E-state index contributed by atoms with van der Waals surface area (Å²) in [6, 6.07) is 8.44. The van der Waals surface area contributed by atoms with E-state index in [1.54, 1.807) is 0 Å². The van der Waals surface area contributed by atoms with E-state index in [1.165, 1.54) is 5.56 Å². The largest absolute Gasteiger partial charge is 0.130 e. The Bertz CT molecular complexity index is 514. The van der Waals surface area contributed by atoms with Gasteiger partial charge in [0.25, 0.3) is 0 Å². The van der Waals surface area contributed by atoms with E-state index in [1.807, 2.05) is 0 Å². The van der Waals surface area contributed by atoms with Gasteiger partial charge >= 0.3 is 0 Å². The molecule has 0 fully saturated rings. The van der Waals surface area contributed by atoms with Gasteiger partial charge in [-0.05, 0) is 35.0 Å². The third-order valence-corrected chi connectivity index (χ3v) is 3.33. The molecule has 0 nitrogen and oxygen atoms in total. The van der Waals surface area contributed by atoms with Crippen LogP contribution in [-0.4, -0.2) is 8.07 Å². The molecule has 0 bridgehead atoms. The van der Waals surface area contributed by atoms with Gasteiger partial charge in [-0.15, -0.1) is 5.54 Å². The average Bonchev–Trinajstić information content (AvgIpc) is 2.22. The van der Waals surface area contributed by atoms with Crippen LogP contribution < -0.4 is 0 Å². The number of rotatable bonds is 0. The second kappa shape index (κ2) is 5.47. The van der Waals surface area contributed by atoms with Crippen molar-refractivity contribution in [2.45, 2.75) is 45.8 Å². The highest BCUT2D eigenvalue weighted by Crippen LogP contribution is 2.21. The molecule has 0 unspecified atom stereocenters. The molecule has 0 spiro atoms. The molecule has 0 amide bonds. The Kier molecular flexibility index (Phi) is 4.44. The Morgan fingerprint density at radius 1 is 0.889 bits per heavy atom. The molecule has 0 aromatic heterocycles. The molecule has 0 heterocycles. The molecule has 0 saturated heterocycles. The van der Waals surface area contributed by atoms with Crippen LogP contribution >= 0.6 is 0 Å². The second-order valence-electron chi connectivity index (χ2n) is 6.58. The van der Waals surface area contributed by atoms with Gasteiger partial charge in [-0.1, -0.05) is 58.5 Å². The van der Waals surface area contributed by atoms with Crippen molar-refractivity contribution in [2.75, 3.05) is 0 Å². The van der Waals surface area contributed by atoms with Gasteiger partial charge < -0.3 is 0 Å². The van der Waals surface area contributed by atoms with E-state index < -0.39 is 8.07 Å². The molecule has 0 aliphatic heterocycles. The number of hydrogen-bond acceptors (Lipinski definition) is 0. The standard InChI is InChI=1S/C17H22Si/c1-17(2,3)16-12-10-15(11-13-16)9-7-8-14-18(4,5)6/h10-13H,1-6H3. The summed E-state index contributed by atoms with van der Waals surface area (Å²) in [6.07, 6.45) is 0. The van der Waals surface area contributed by atoms with Gasteiger partial charge in [-0.2, -0.15) is 0 Å². The van der Waals surface area contributed by atoms with Crippen LogP contribution in [0, 0.1) is 23.3 Å². The monoisotopic (exact) mass is 254 g/mol. The van der Waals surface area contributed by atoms with Crippen molar-refractivity contribution in [2.24, 2.45) is 0 Å². The fourth-order valence-electron chi connectivity index (χ4n) is 1.38. The first kappa shape index (κ1) is 14.6. The quantitative estimate of drug-likeness (QED) is 0.480. The van der Waals surface area contributed by atoms with Crippen molar-refractivity contribution in [3.63, 3.8) is 0 Å². The molecular weight excluding hydrogens is 232 g/mol. The van der Waals surface area contributed by atoms with Crippen molar-refractivity contribution in [1.82, 2.24) is 0 Å². The SMILES string of the molecule is CC(C)(C)c1ccc(C#CC#C[Si](C)(C)C)cc1. The molecule has 0 aliphatic carbocycles. The van der Waals surface area contributed by atoms with Gasteiger partial charge in [0.1, 0.15) is 8.07 Å². The van der Waals surface area contributed by atoms with Gasteiger partial charge in [0.2, 0.25) is 0 Å². The minimum Gasteiger partial charge on any atom is -0.118 e. The molecule has 1 heteroatoms. The summed E-state index contributed by atoms with van der Waals surface area (Å²) in [6.45, 7) is 13.3. The first-order chi connectivity index (χ1) is 8.18. The van der Waals surface area contributed by atoms with Crippen LogP contribution in [-0.2, 0) is 5.41 Å². The van der Waals surface area contributed by atoms with E-state index in [9.17, 15) is 0 Å². The van der Waals surface area contributed by atoms with Gasteiger partial charge in [0, 0.05) is 5.56 Å². The van der Waals surface area contributed by atoms with E-state index >= 15 is 0 Å². The molecule has 0 saturated carbocycles. The number of hydrogen-bond donors (Lipinski definition) is 0. The highest BCUT2D eigenvalue weighted by atomic mass is 28.3. The predicted octanol–water partition coefficient (Wildman–Crippen LogP) is 4.22. The van der Waals surface area contributed by atoms with E-state index in [4.69, 9.17) is 0 Å². The summed E-state index contributed by atoms with van der Waals surface area (Å²) in [5.74, 6) is 9.00. The van der Waals surface area contributed by atoms with Crippen LogP contribution in [0.25, 0.3) is 0 Å². The van der Waals surface area contributed by atoms with Crippen molar-refractivity contribution < 1.29 is 0 Å². The Labute approximate surface area is 113 Å². The fraction of sp³-hybridized carbons (Fsp3) is 0.412.